The monoisotopic (exact) mass is 351 g/mol. The van der Waals surface area contributed by atoms with E-state index in [0.29, 0.717) is 5.56 Å². The van der Waals surface area contributed by atoms with Crippen molar-refractivity contribution in [1.82, 2.24) is 0 Å². The van der Waals surface area contributed by atoms with Gasteiger partial charge in [0.15, 0.2) is 18.1 Å². The predicted molar refractivity (Wildman–Crippen MR) is 106 cm³/mol. The predicted octanol–water partition coefficient (Wildman–Crippen LogP) is 4.10. The highest BCUT2D eigenvalue weighted by Gasteiger charge is 2.24. The van der Waals surface area contributed by atoms with E-state index in [4.69, 9.17) is 0 Å². The molecule has 0 saturated carbocycles. The van der Waals surface area contributed by atoms with E-state index in [2.05, 4.69) is 78.7 Å². The van der Waals surface area contributed by atoms with E-state index in [9.17, 15) is 5.26 Å². The second kappa shape index (κ2) is 6.66. The van der Waals surface area contributed by atoms with Gasteiger partial charge in [0.05, 0.1) is 22.6 Å². The molecule has 0 aliphatic carbocycles. The van der Waals surface area contributed by atoms with E-state index >= 15 is 0 Å². The molecule has 0 atom stereocenters. The first-order valence-electron chi connectivity index (χ1n) is 9.00. The number of nitrogens with zero attached hydrogens (tertiary/aromatic N) is 3. The molecule has 0 amide bonds. The number of pyridine rings is 2. The van der Waals surface area contributed by atoms with E-state index < -0.39 is 0 Å². The summed E-state index contributed by atoms with van der Waals surface area (Å²) in [6.07, 6.45) is 4.13. The molecule has 0 radical (unpaired) electrons. The summed E-state index contributed by atoms with van der Waals surface area (Å²) in [6, 6.07) is 22.9. The lowest BCUT2D eigenvalue weighted by Crippen LogP contribution is -2.35. The standard InChI is InChI=1S/C24H21N3/c1-17-8-6-7-12-27(17)23-15-19(16-25)14-22(18(23)2)24-21-10-5-4-9-20(21)11-13-26(24)3/h4-15H,1-3H3/q+2. The van der Waals surface area contributed by atoms with Crippen LogP contribution >= 0.6 is 0 Å². The molecule has 2 heterocycles. The van der Waals surface area contributed by atoms with Gasteiger partial charge in [-0.15, -0.1) is 0 Å². The summed E-state index contributed by atoms with van der Waals surface area (Å²) in [4.78, 5) is 0. The summed E-state index contributed by atoms with van der Waals surface area (Å²) in [6.45, 7) is 4.21. The Hall–Kier alpha value is -3.51. The Morgan fingerprint density at radius 3 is 2.44 bits per heavy atom. The molecular weight excluding hydrogens is 330 g/mol. The smallest absolute Gasteiger partial charge is 0.200 e. The summed E-state index contributed by atoms with van der Waals surface area (Å²) in [5.41, 5.74) is 6.19. The van der Waals surface area contributed by atoms with Crippen LogP contribution in [0.2, 0.25) is 0 Å². The number of aromatic nitrogens is 2. The number of hydrogen-bond donors (Lipinski definition) is 0. The second-order valence-corrected chi connectivity index (χ2v) is 6.85. The van der Waals surface area contributed by atoms with Gasteiger partial charge in [0.1, 0.15) is 7.05 Å². The van der Waals surface area contributed by atoms with E-state index in [0.717, 1.165) is 28.2 Å². The Bertz CT molecular complexity index is 1220. The highest BCUT2D eigenvalue weighted by Crippen LogP contribution is 2.30. The number of hydrogen-bond acceptors (Lipinski definition) is 1. The molecule has 0 aliphatic heterocycles. The molecule has 0 saturated heterocycles. The van der Waals surface area contributed by atoms with Gasteiger partial charge in [0.2, 0.25) is 11.4 Å². The van der Waals surface area contributed by atoms with Crippen LogP contribution < -0.4 is 9.13 Å². The van der Waals surface area contributed by atoms with E-state index in [-0.39, 0.29) is 0 Å². The lowest BCUT2D eigenvalue weighted by Gasteiger charge is -2.10. The molecule has 0 spiro atoms. The molecule has 4 rings (SSSR count). The molecule has 2 aromatic heterocycles. The number of rotatable bonds is 2. The maximum atomic E-state index is 9.66. The topological polar surface area (TPSA) is 31.5 Å². The normalized spacial score (nSPS) is 10.7. The van der Waals surface area contributed by atoms with Crippen molar-refractivity contribution >= 4 is 10.8 Å². The van der Waals surface area contributed by atoms with Crippen molar-refractivity contribution in [3.05, 3.63) is 89.9 Å². The molecule has 3 heteroatoms. The molecule has 130 valence electrons. The van der Waals surface area contributed by atoms with E-state index in [1.165, 1.54) is 10.8 Å². The van der Waals surface area contributed by atoms with Gasteiger partial charge in [0, 0.05) is 36.8 Å². The molecule has 3 nitrogen and oxygen atoms in total. The number of benzene rings is 2. The summed E-state index contributed by atoms with van der Waals surface area (Å²) in [5, 5.41) is 12.0. The quantitative estimate of drug-likeness (QED) is 0.500. The first-order chi connectivity index (χ1) is 13.1. The van der Waals surface area contributed by atoms with Crippen molar-refractivity contribution in [2.75, 3.05) is 0 Å². The van der Waals surface area contributed by atoms with E-state index in [1.807, 2.05) is 30.5 Å². The third-order valence-corrected chi connectivity index (χ3v) is 5.13. The van der Waals surface area contributed by atoms with Crippen LogP contribution in [-0.2, 0) is 7.05 Å². The summed E-state index contributed by atoms with van der Waals surface area (Å²) >= 11 is 0. The van der Waals surface area contributed by atoms with Crippen LogP contribution in [0, 0.1) is 25.2 Å². The number of aryl methyl sites for hydroxylation is 2. The van der Waals surface area contributed by atoms with Crippen molar-refractivity contribution < 1.29 is 9.13 Å². The SMILES string of the molecule is Cc1c(-c2c3ccccc3cc[n+]2C)cc(C#N)cc1-[n+]1ccccc1C. The van der Waals surface area contributed by atoms with Gasteiger partial charge in [-0.2, -0.15) is 9.83 Å². The van der Waals surface area contributed by atoms with Crippen LogP contribution in [0.5, 0.6) is 0 Å². The highest BCUT2D eigenvalue weighted by atomic mass is 15.0. The average molecular weight is 351 g/mol. The second-order valence-electron chi connectivity index (χ2n) is 6.85. The van der Waals surface area contributed by atoms with Crippen LogP contribution in [0.15, 0.2) is 73.1 Å². The van der Waals surface area contributed by atoms with Crippen molar-refractivity contribution in [1.29, 1.82) is 5.26 Å². The molecule has 4 aromatic rings. The maximum Gasteiger partial charge on any atom is 0.220 e. The zero-order chi connectivity index (χ0) is 19.0. The van der Waals surface area contributed by atoms with Crippen molar-refractivity contribution in [3.63, 3.8) is 0 Å². The highest BCUT2D eigenvalue weighted by molar-refractivity contribution is 5.94. The lowest BCUT2D eigenvalue weighted by molar-refractivity contribution is -0.659. The molecule has 0 fully saturated rings. The van der Waals surface area contributed by atoms with Gasteiger partial charge < -0.3 is 0 Å². The van der Waals surface area contributed by atoms with Gasteiger partial charge in [-0.05, 0) is 24.4 Å². The van der Waals surface area contributed by atoms with Crippen molar-refractivity contribution in [2.24, 2.45) is 7.05 Å². The van der Waals surface area contributed by atoms with Crippen LogP contribution in [0.25, 0.3) is 27.7 Å². The molecule has 0 bridgehead atoms. The fourth-order valence-electron chi connectivity index (χ4n) is 3.71. The minimum absolute atomic E-state index is 0.661. The van der Waals surface area contributed by atoms with Crippen LogP contribution in [0.3, 0.4) is 0 Å². The van der Waals surface area contributed by atoms with Gasteiger partial charge in [-0.25, -0.2) is 4.57 Å². The van der Waals surface area contributed by atoms with Gasteiger partial charge in [0.25, 0.3) is 0 Å². The average Bonchev–Trinajstić information content (AvgIpc) is 2.69. The Labute approximate surface area is 159 Å². The Kier molecular flexibility index (Phi) is 4.18. The molecule has 0 aliphatic rings. The van der Waals surface area contributed by atoms with Crippen molar-refractivity contribution in [3.8, 4) is 23.0 Å². The van der Waals surface area contributed by atoms with Crippen molar-refractivity contribution in [2.45, 2.75) is 13.8 Å². The van der Waals surface area contributed by atoms with Gasteiger partial charge in [-0.3, -0.25) is 0 Å². The molecule has 27 heavy (non-hydrogen) atoms. The number of fused-ring (bicyclic) bond motifs is 1. The molecule has 2 aromatic carbocycles. The lowest BCUT2D eigenvalue weighted by atomic mass is 9.96. The molecule has 0 unspecified atom stereocenters. The molecular formula is C24H21N3+2. The maximum absolute atomic E-state index is 9.66. The van der Waals surface area contributed by atoms with Crippen LogP contribution in [0.4, 0.5) is 0 Å². The van der Waals surface area contributed by atoms with Gasteiger partial charge >= 0.3 is 0 Å². The fourth-order valence-corrected chi connectivity index (χ4v) is 3.71. The molecule has 0 N–H and O–H groups in total. The third-order valence-electron chi connectivity index (χ3n) is 5.13. The third kappa shape index (κ3) is 2.86. The number of nitriles is 1. The van der Waals surface area contributed by atoms with Gasteiger partial charge in [-0.1, -0.05) is 24.3 Å². The van der Waals surface area contributed by atoms with Crippen LogP contribution in [-0.4, -0.2) is 0 Å². The minimum atomic E-state index is 0.661. The van der Waals surface area contributed by atoms with Crippen LogP contribution in [0.1, 0.15) is 16.8 Å². The summed E-state index contributed by atoms with van der Waals surface area (Å²) in [7, 11) is 2.06. The Morgan fingerprint density at radius 1 is 0.889 bits per heavy atom. The first kappa shape index (κ1) is 16.9. The fraction of sp³-hybridized carbons (Fsp3) is 0.125. The Morgan fingerprint density at radius 2 is 1.67 bits per heavy atom. The zero-order valence-electron chi connectivity index (χ0n) is 15.8. The van der Waals surface area contributed by atoms with E-state index in [1.54, 1.807) is 0 Å². The summed E-state index contributed by atoms with van der Waals surface area (Å²) in [5.74, 6) is 0. The Balaban J connectivity index is 2.10. The first-order valence-corrected chi connectivity index (χ1v) is 9.00. The zero-order valence-corrected chi connectivity index (χ0v) is 15.8. The largest absolute Gasteiger partial charge is 0.220 e. The minimum Gasteiger partial charge on any atom is -0.200 e. The summed E-state index contributed by atoms with van der Waals surface area (Å²) < 4.78 is 4.28.